The Labute approximate surface area is 99.3 Å². The molecule has 0 saturated carbocycles. The molecule has 1 aliphatic heterocycles. The van der Waals surface area contributed by atoms with Gasteiger partial charge in [0, 0.05) is 12.0 Å². The summed E-state index contributed by atoms with van der Waals surface area (Å²) in [6.45, 7) is 0. The van der Waals surface area contributed by atoms with Gasteiger partial charge in [-0.15, -0.1) is 0 Å². The van der Waals surface area contributed by atoms with Crippen molar-refractivity contribution in [2.45, 2.75) is 25.3 Å². The molecule has 0 N–H and O–H groups in total. The molecular weight excluding hydrogens is 214 g/mol. The van der Waals surface area contributed by atoms with E-state index in [-0.39, 0.29) is 6.04 Å². The summed E-state index contributed by atoms with van der Waals surface area (Å²) in [5, 5.41) is 4.45. The van der Waals surface area contributed by atoms with Crippen molar-refractivity contribution in [3.05, 3.63) is 36.2 Å². The van der Waals surface area contributed by atoms with Crippen LogP contribution in [-0.4, -0.2) is 21.1 Å². The van der Waals surface area contributed by atoms with Crippen molar-refractivity contribution in [2.24, 2.45) is 0 Å². The first kappa shape index (κ1) is 10.2. The van der Waals surface area contributed by atoms with Crippen LogP contribution in [0.1, 0.15) is 24.7 Å². The molecule has 0 fully saturated rings. The maximum Gasteiger partial charge on any atom is 0.181 e. The molecule has 4 heteroatoms. The van der Waals surface area contributed by atoms with Crippen molar-refractivity contribution in [1.82, 2.24) is 14.8 Å². The number of carbonyl (C=O) groups excluding carboxylic acids is 1. The molecule has 0 bridgehead atoms. The fourth-order valence-electron chi connectivity index (χ4n) is 2.22. The lowest BCUT2D eigenvalue weighted by Crippen LogP contribution is -2.20. The molecule has 2 aromatic rings. The lowest BCUT2D eigenvalue weighted by atomic mass is 10.1. The number of aldehydes is 1. The summed E-state index contributed by atoms with van der Waals surface area (Å²) in [6, 6.07) is 9.73. The minimum absolute atomic E-state index is 0.135. The van der Waals surface area contributed by atoms with Crippen molar-refractivity contribution < 1.29 is 4.79 Å². The highest BCUT2D eigenvalue weighted by Gasteiger charge is 2.22. The third kappa shape index (κ3) is 1.75. The molecule has 1 atom stereocenters. The fourth-order valence-corrected chi connectivity index (χ4v) is 2.22. The van der Waals surface area contributed by atoms with Gasteiger partial charge in [0.1, 0.15) is 18.2 Å². The summed E-state index contributed by atoms with van der Waals surface area (Å²) in [5.74, 6) is 1.64. The molecule has 0 aliphatic carbocycles. The molecule has 17 heavy (non-hydrogen) atoms. The van der Waals surface area contributed by atoms with Crippen LogP contribution in [0.3, 0.4) is 0 Å². The largest absolute Gasteiger partial charge is 0.301 e. The van der Waals surface area contributed by atoms with Crippen LogP contribution in [0, 0.1) is 0 Å². The molecule has 2 heterocycles. The molecular formula is C13H13N3O. The highest BCUT2D eigenvalue weighted by Crippen LogP contribution is 2.24. The van der Waals surface area contributed by atoms with Gasteiger partial charge in [-0.3, -0.25) is 0 Å². The summed E-state index contributed by atoms with van der Waals surface area (Å²) >= 11 is 0. The molecule has 1 aliphatic rings. The van der Waals surface area contributed by atoms with Crippen LogP contribution >= 0.6 is 0 Å². The van der Waals surface area contributed by atoms with Crippen LogP contribution in [0.5, 0.6) is 0 Å². The number of hydrogen-bond acceptors (Lipinski definition) is 3. The second-order valence-electron chi connectivity index (χ2n) is 4.26. The molecule has 0 saturated heterocycles. The van der Waals surface area contributed by atoms with Crippen LogP contribution in [0.4, 0.5) is 0 Å². The van der Waals surface area contributed by atoms with Gasteiger partial charge in [-0.2, -0.15) is 5.10 Å². The number of nitrogens with zero attached hydrogens (tertiary/aromatic N) is 3. The van der Waals surface area contributed by atoms with Crippen LogP contribution < -0.4 is 0 Å². The Morgan fingerprint density at radius 2 is 2.12 bits per heavy atom. The molecule has 3 rings (SSSR count). The molecule has 0 amide bonds. The van der Waals surface area contributed by atoms with Crippen LogP contribution in [0.15, 0.2) is 30.3 Å². The summed E-state index contributed by atoms with van der Waals surface area (Å²) in [6.07, 6.45) is 3.75. The van der Waals surface area contributed by atoms with E-state index in [2.05, 4.69) is 10.1 Å². The highest BCUT2D eigenvalue weighted by molar-refractivity contribution is 5.58. The SMILES string of the molecule is O=CC1CCCc2nc(-c3ccccc3)nn21. The number of hydrogen-bond donors (Lipinski definition) is 0. The van der Waals surface area contributed by atoms with Gasteiger partial charge in [0.2, 0.25) is 0 Å². The number of benzene rings is 1. The first-order chi connectivity index (χ1) is 8.38. The van der Waals surface area contributed by atoms with Gasteiger partial charge < -0.3 is 4.79 Å². The molecule has 1 unspecified atom stereocenters. The van der Waals surface area contributed by atoms with E-state index in [1.165, 1.54) is 0 Å². The third-order valence-electron chi connectivity index (χ3n) is 3.11. The maximum absolute atomic E-state index is 11.0. The Hall–Kier alpha value is -1.97. The van der Waals surface area contributed by atoms with Crippen molar-refractivity contribution in [2.75, 3.05) is 0 Å². The predicted octanol–water partition coefficient (Wildman–Crippen LogP) is 2.02. The lowest BCUT2D eigenvalue weighted by molar-refractivity contribution is -0.111. The van der Waals surface area contributed by atoms with Crippen molar-refractivity contribution in [1.29, 1.82) is 0 Å². The van der Waals surface area contributed by atoms with E-state index in [1.54, 1.807) is 4.68 Å². The minimum atomic E-state index is -0.135. The van der Waals surface area contributed by atoms with Crippen LogP contribution in [-0.2, 0) is 11.2 Å². The zero-order valence-electron chi connectivity index (χ0n) is 9.41. The third-order valence-corrected chi connectivity index (χ3v) is 3.11. The number of aryl methyl sites for hydroxylation is 1. The molecule has 86 valence electrons. The van der Waals surface area contributed by atoms with E-state index >= 15 is 0 Å². The summed E-state index contributed by atoms with van der Waals surface area (Å²) < 4.78 is 1.78. The van der Waals surface area contributed by atoms with Gasteiger partial charge in [-0.05, 0) is 12.8 Å². The van der Waals surface area contributed by atoms with Crippen molar-refractivity contribution in [3.63, 3.8) is 0 Å². The molecule has 1 aromatic carbocycles. The Kier molecular flexibility index (Phi) is 2.48. The van der Waals surface area contributed by atoms with Gasteiger partial charge in [-0.25, -0.2) is 9.67 Å². The quantitative estimate of drug-likeness (QED) is 0.737. The number of carbonyl (C=O) groups is 1. The van der Waals surface area contributed by atoms with E-state index in [0.717, 1.165) is 36.9 Å². The first-order valence-corrected chi connectivity index (χ1v) is 5.84. The standard InChI is InChI=1S/C13H13N3O/c17-9-11-7-4-8-12-14-13(15-16(11)12)10-5-2-1-3-6-10/h1-3,5-6,9,11H,4,7-8H2. The van der Waals surface area contributed by atoms with Crippen LogP contribution in [0.2, 0.25) is 0 Å². The van der Waals surface area contributed by atoms with E-state index in [0.29, 0.717) is 5.82 Å². The Bertz CT molecular complexity index is 533. The maximum atomic E-state index is 11.0. The Balaban J connectivity index is 2.04. The molecule has 0 spiro atoms. The number of rotatable bonds is 2. The van der Waals surface area contributed by atoms with Gasteiger partial charge >= 0.3 is 0 Å². The van der Waals surface area contributed by atoms with Gasteiger partial charge in [-0.1, -0.05) is 30.3 Å². The Morgan fingerprint density at radius 3 is 2.88 bits per heavy atom. The fraction of sp³-hybridized carbons (Fsp3) is 0.308. The minimum Gasteiger partial charge on any atom is -0.301 e. The van der Waals surface area contributed by atoms with E-state index in [1.807, 2.05) is 30.3 Å². The lowest BCUT2D eigenvalue weighted by Gasteiger charge is -2.17. The second kappa shape index (κ2) is 4.13. The van der Waals surface area contributed by atoms with Gasteiger partial charge in [0.25, 0.3) is 0 Å². The zero-order chi connectivity index (χ0) is 11.7. The normalized spacial score (nSPS) is 18.7. The smallest absolute Gasteiger partial charge is 0.181 e. The van der Waals surface area contributed by atoms with Crippen molar-refractivity contribution >= 4 is 6.29 Å². The monoisotopic (exact) mass is 227 g/mol. The average Bonchev–Trinajstić information content (AvgIpc) is 2.83. The average molecular weight is 227 g/mol. The second-order valence-corrected chi connectivity index (χ2v) is 4.26. The van der Waals surface area contributed by atoms with E-state index in [4.69, 9.17) is 0 Å². The van der Waals surface area contributed by atoms with E-state index < -0.39 is 0 Å². The topological polar surface area (TPSA) is 47.8 Å². The van der Waals surface area contributed by atoms with Crippen molar-refractivity contribution in [3.8, 4) is 11.4 Å². The van der Waals surface area contributed by atoms with Crippen LogP contribution in [0.25, 0.3) is 11.4 Å². The molecule has 4 nitrogen and oxygen atoms in total. The van der Waals surface area contributed by atoms with Gasteiger partial charge in [0.05, 0.1) is 0 Å². The van der Waals surface area contributed by atoms with E-state index in [9.17, 15) is 4.79 Å². The summed E-state index contributed by atoms with van der Waals surface area (Å²) in [7, 11) is 0. The highest BCUT2D eigenvalue weighted by atomic mass is 16.1. The Morgan fingerprint density at radius 1 is 1.29 bits per heavy atom. The number of aromatic nitrogens is 3. The van der Waals surface area contributed by atoms with Gasteiger partial charge in [0.15, 0.2) is 5.82 Å². The predicted molar refractivity (Wildman–Crippen MR) is 63.5 cm³/mol. The summed E-state index contributed by atoms with van der Waals surface area (Å²) in [4.78, 5) is 15.5. The summed E-state index contributed by atoms with van der Waals surface area (Å²) in [5.41, 5.74) is 0.999. The zero-order valence-corrected chi connectivity index (χ0v) is 9.41. The first-order valence-electron chi connectivity index (χ1n) is 5.84. The molecule has 1 aromatic heterocycles. The number of fused-ring (bicyclic) bond motifs is 1. The molecule has 0 radical (unpaired) electrons.